The van der Waals surface area contributed by atoms with E-state index in [0.717, 1.165) is 11.1 Å². The first-order valence-corrected chi connectivity index (χ1v) is 13.5. The molecular formula is C26H25N7O5S. The van der Waals surface area contributed by atoms with Gasteiger partial charge in [0.05, 0.1) is 29.7 Å². The number of sulfonamides is 1. The minimum atomic E-state index is -3.77. The van der Waals surface area contributed by atoms with Crippen LogP contribution in [0.2, 0.25) is 0 Å². The van der Waals surface area contributed by atoms with Crippen molar-refractivity contribution in [1.82, 2.24) is 33.8 Å². The van der Waals surface area contributed by atoms with Gasteiger partial charge in [-0.3, -0.25) is 19.3 Å². The molecule has 0 radical (unpaired) electrons. The van der Waals surface area contributed by atoms with Crippen molar-refractivity contribution >= 4 is 21.2 Å². The minimum Gasteiger partial charge on any atom is -0.437 e. The lowest BCUT2D eigenvalue weighted by Crippen LogP contribution is -2.31. The normalized spacial score (nSPS) is 11.6. The number of H-pyrrole nitrogens is 1. The molecule has 0 spiro atoms. The molecule has 0 aliphatic rings. The van der Waals surface area contributed by atoms with Crippen molar-refractivity contribution in [3.05, 3.63) is 105 Å². The lowest BCUT2D eigenvalue weighted by atomic mass is 10.1. The number of hydrogen-bond donors (Lipinski definition) is 2. The quantitative estimate of drug-likeness (QED) is 0.285. The van der Waals surface area contributed by atoms with Gasteiger partial charge in [0.15, 0.2) is 11.2 Å². The third-order valence-electron chi connectivity index (χ3n) is 6.01. The highest BCUT2D eigenvalue weighted by molar-refractivity contribution is 7.89. The lowest BCUT2D eigenvalue weighted by molar-refractivity contribution is 0.458. The summed E-state index contributed by atoms with van der Waals surface area (Å²) in [5.74, 6) is 0.752. The van der Waals surface area contributed by atoms with Crippen LogP contribution in [-0.2, 0) is 29.7 Å². The largest absolute Gasteiger partial charge is 0.437 e. The lowest BCUT2D eigenvalue weighted by Gasteiger charge is -2.10. The summed E-state index contributed by atoms with van der Waals surface area (Å²) in [6.07, 6.45) is 4.61. The number of imidazole rings is 1. The summed E-state index contributed by atoms with van der Waals surface area (Å²) in [4.78, 5) is 39.6. The smallest absolute Gasteiger partial charge is 0.330 e. The van der Waals surface area contributed by atoms with Crippen LogP contribution in [0.3, 0.4) is 0 Å². The predicted octanol–water partition coefficient (Wildman–Crippen LogP) is 2.32. The fraction of sp³-hybridized carbons (Fsp3) is 0.192. The van der Waals surface area contributed by atoms with Crippen LogP contribution in [0.4, 0.5) is 0 Å². The zero-order valence-electron chi connectivity index (χ0n) is 21.2. The molecule has 5 rings (SSSR count). The summed E-state index contributed by atoms with van der Waals surface area (Å²) in [6.45, 7) is 4.49. The summed E-state index contributed by atoms with van der Waals surface area (Å²) in [5, 5.41) is 0. The van der Waals surface area contributed by atoms with Gasteiger partial charge in [0.1, 0.15) is 5.75 Å². The van der Waals surface area contributed by atoms with Gasteiger partial charge in [-0.1, -0.05) is 24.3 Å². The number of rotatable bonds is 9. The Morgan fingerprint density at radius 2 is 1.72 bits per heavy atom. The average Bonchev–Trinajstić information content (AvgIpc) is 3.36. The number of fused-ring (bicyclic) bond motifs is 1. The van der Waals surface area contributed by atoms with Crippen molar-refractivity contribution in [3.63, 3.8) is 0 Å². The zero-order chi connectivity index (χ0) is 27.6. The number of nitrogens with one attached hydrogen (secondary N) is 2. The van der Waals surface area contributed by atoms with Gasteiger partial charge in [-0.15, -0.1) is 0 Å². The summed E-state index contributed by atoms with van der Waals surface area (Å²) in [6, 6.07) is 13.1. The Hall–Kier alpha value is -4.62. The van der Waals surface area contributed by atoms with E-state index in [4.69, 9.17) is 4.74 Å². The van der Waals surface area contributed by atoms with Gasteiger partial charge in [0.2, 0.25) is 15.9 Å². The predicted molar refractivity (Wildman–Crippen MR) is 143 cm³/mol. The molecule has 0 unspecified atom stereocenters. The maximum Gasteiger partial charge on any atom is 0.330 e. The third-order valence-corrected chi connectivity index (χ3v) is 7.43. The Morgan fingerprint density at radius 3 is 2.41 bits per heavy atom. The highest BCUT2D eigenvalue weighted by Gasteiger charge is 2.15. The maximum atomic E-state index is 12.8. The van der Waals surface area contributed by atoms with Crippen molar-refractivity contribution in [2.24, 2.45) is 0 Å². The topological polar surface area (TPSA) is 154 Å². The number of aromatic amines is 1. The molecule has 0 saturated carbocycles. The van der Waals surface area contributed by atoms with Crippen LogP contribution in [-0.4, -0.2) is 37.5 Å². The van der Waals surface area contributed by atoms with E-state index in [-0.39, 0.29) is 18.0 Å². The maximum absolute atomic E-state index is 12.8. The molecule has 3 heterocycles. The van der Waals surface area contributed by atoms with Gasteiger partial charge in [0.25, 0.3) is 5.56 Å². The average molecular weight is 548 g/mol. The standard InChI is InChI=1S/C26H25N7O5S/c1-3-32-16-28-24-23(32)25(34)31-26(35)33(24)15-19-6-4-18(5-7-19)13-29-39(36,37)21-10-8-20(9-11-21)38-22-14-27-12-17(2)30-22/h4-12,14,16,29H,3,13,15H2,1-2H3,(H,31,34,35). The van der Waals surface area contributed by atoms with Crippen LogP contribution < -0.4 is 20.7 Å². The molecule has 2 N–H and O–H groups in total. The molecule has 39 heavy (non-hydrogen) atoms. The Labute approximate surface area is 223 Å². The van der Waals surface area contributed by atoms with Gasteiger partial charge in [-0.2, -0.15) is 0 Å². The Kier molecular flexibility index (Phi) is 7.09. The molecule has 0 amide bonds. The highest BCUT2D eigenvalue weighted by Crippen LogP contribution is 2.21. The molecule has 5 aromatic rings. The molecule has 0 saturated heterocycles. The van der Waals surface area contributed by atoms with E-state index in [1.165, 1.54) is 29.2 Å². The van der Waals surface area contributed by atoms with Crippen LogP contribution in [0, 0.1) is 6.92 Å². The second-order valence-electron chi connectivity index (χ2n) is 8.76. The van der Waals surface area contributed by atoms with E-state index < -0.39 is 21.3 Å². The van der Waals surface area contributed by atoms with Gasteiger partial charge < -0.3 is 9.30 Å². The van der Waals surface area contributed by atoms with E-state index in [0.29, 0.717) is 35.0 Å². The fourth-order valence-corrected chi connectivity index (χ4v) is 5.03. The molecule has 13 heteroatoms. The molecule has 0 fully saturated rings. The number of nitrogens with zero attached hydrogens (tertiary/aromatic N) is 5. The first-order valence-electron chi connectivity index (χ1n) is 12.1. The second-order valence-corrected chi connectivity index (χ2v) is 10.5. The molecular weight excluding hydrogens is 522 g/mol. The summed E-state index contributed by atoms with van der Waals surface area (Å²) >= 11 is 0. The van der Waals surface area contributed by atoms with Crippen LogP contribution in [0.5, 0.6) is 11.6 Å². The van der Waals surface area contributed by atoms with Gasteiger partial charge >= 0.3 is 5.69 Å². The van der Waals surface area contributed by atoms with E-state index in [9.17, 15) is 18.0 Å². The molecule has 200 valence electrons. The van der Waals surface area contributed by atoms with Crippen molar-refractivity contribution in [3.8, 4) is 11.6 Å². The van der Waals surface area contributed by atoms with E-state index in [2.05, 4.69) is 24.7 Å². The second kappa shape index (κ2) is 10.6. The Morgan fingerprint density at radius 1 is 1.00 bits per heavy atom. The first kappa shape index (κ1) is 26.0. The molecule has 2 aromatic carbocycles. The number of aromatic nitrogens is 6. The third kappa shape index (κ3) is 5.63. The van der Waals surface area contributed by atoms with Crippen LogP contribution in [0.15, 0.2) is 81.7 Å². The summed E-state index contributed by atoms with van der Waals surface area (Å²) in [5.41, 5.74) is 1.85. The molecule has 0 atom stereocenters. The van der Waals surface area contributed by atoms with E-state index in [1.807, 2.05) is 6.92 Å². The van der Waals surface area contributed by atoms with Crippen molar-refractivity contribution < 1.29 is 13.2 Å². The van der Waals surface area contributed by atoms with Crippen molar-refractivity contribution in [1.29, 1.82) is 0 Å². The molecule has 12 nitrogen and oxygen atoms in total. The van der Waals surface area contributed by atoms with E-state index in [1.54, 1.807) is 54.1 Å². The highest BCUT2D eigenvalue weighted by atomic mass is 32.2. The number of benzene rings is 2. The molecule has 3 aromatic heterocycles. The zero-order valence-corrected chi connectivity index (χ0v) is 22.0. The van der Waals surface area contributed by atoms with Crippen molar-refractivity contribution in [2.45, 2.75) is 38.4 Å². The minimum absolute atomic E-state index is 0.0729. The fourth-order valence-electron chi connectivity index (χ4n) is 4.01. The summed E-state index contributed by atoms with van der Waals surface area (Å²) in [7, 11) is -3.77. The summed E-state index contributed by atoms with van der Waals surface area (Å²) < 4.78 is 36.9. The van der Waals surface area contributed by atoms with Gasteiger partial charge in [0, 0.05) is 19.3 Å². The van der Waals surface area contributed by atoms with E-state index >= 15 is 0 Å². The van der Waals surface area contributed by atoms with Crippen LogP contribution >= 0.6 is 0 Å². The van der Waals surface area contributed by atoms with Gasteiger partial charge in [-0.25, -0.2) is 27.9 Å². The van der Waals surface area contributed by atoms with Crippen LogP contribution in [0.25, 0.3) is 11.2 Å². The molecule has 0 aliphatic heterocycles. The van der Waals surface area contributed by atoms with Crippen molar-refractivity contribution in [2.75, 3.05) is 0 Å². The first-order chi connectivity index (χ1) is 18.7. The number of hydrogen-bond acceptors (Lipinski definition) is 8. The SMILES string of the molecule is CCn1cnc2c1c(=O)[nH]c(=O)n2Cc1ccc(CNS(=O)(=O)c2ccc(Oc3cncc(C)n3)cc2)cc1. The Bertz CT molecular complexity index is 1860. The van der Waals surface area contributed by atoms with Crippen LogP contribution in [0.1, 0.15) is 23.7 Å². The monoisotopic (exact) mass is 547 g/mol. The molecule has 0 bridgehead atoms. The number of aryl methyl sites for hydroxylation is 2. The van der Waals surface area contributed by atoms with Gasteiger partial charge in [-0.05, 0) is 49.2 Å². The molecule has 0 aliphatic carbocycles. The Balaban J connectivity index is 1.24. The number of ether oxygens (including phenoxy) is 1.